The topological polar surface area (TPSA) is 78.4 Å². The maximum Gasteiger partial charge on any atom is 0.329 e. The third-order valence-electron chi connectivity index (χ3n) is 3.00. The number of aliphatic carboxylic acids is 1. The van der Waals surface area contributed by atoms with Crippen molar-refractivity contribution in [3.63, 3.8) is 0 Å². The quantitative estimate of drug-likeness (QED) is 0.761. The fourth-order valence-electron chi connectivity index (χ4n) is 1.65. The zero-order chi connectivity index (χ0) is 13.2. The molecule has 98 valence electrons. The first-order valence-corrected chi connectivity index (χ1v) is 6.74. The van der Waals surface area contributed by atoms with Gasteiger partial charge < -0.3 is 15.7 Å². The normalized spacial score (nSPS) is 16.1. The third kappa shape index (κ3) is 2.81. The molecule has 1 aliphatic rings. The molecule has 1 aliphatic carbocycles. The minimum atomic E-state index is -1.02. The molecule has 1 heterocycles. The first-order chi connectivity index (χ1) is 8.55. The summed E-state index contributed by atoms with van der Waals surface area (Å²) in [5, 5.41) is 14.1. The minimum Gasteiger partial charge on any atom is -0.480 e. The summed E-state index contributed by atoms with van der Waals surface area (Å²) >= 11 is 1.66. The van der Waals surface area contributed by atoms with E-state index in [4.69, 9.17) is 5.11 Å². The van der Waals surface area contributed by atoms with E-state index in [-0.39, 0.29) is 0 Å². The Bertz CT molecular complexity index is 466. The van der Waals surface area contributed by atoms with Crippen LogP contribution in [0.1, 0.15) is 29.5 Å². The molecule has 6 heteroatoms. The molecule has 0 aliphatic heterocycles. The second kappa shape index (κ2) is 4.97. The number of hydrogen-bond donors (Lipinski definition) is 3. The molecule has 0 unspecified atom stereocenters. The SMILES string of the molecule is CCc1ccc(CNC(=O)NC2(C(=O)O)CC2)s1. The van der Waals surface area contributed by atoms with Gasteiger partial charge in [0.15, 0.2) is 0 Å². The Hall–Kier alpha value is -1.56. The lowest BCUT2D eigenvalue weighted by Gasteiger charge is -2.12. The standard InChI is InChI=1S/C12H16N2O3S/c1-2-8-3-4-9(18-8)7-13-11(17)14-12(5-6-12)10(15)16/h3-4H,2,5-7H2,1H3,(H,15,16)(H2,13,14,17). The highest BCUT2D eigenvalue weighted by molar-refractivity contribution is 7.11. The maximum absolute atomic E-state index is 11.6. The number of amides is 2. The van der Waals surface area contributed by atoms with Crippen LogP contribution in [0.25, 0.3) is 0 Å². The predicted octanol–water partition coefficient (Wildman–Crippen LogP) is 1.73. The monoisotopic (exact) mass is 268 g/mol. The molecule has 5 nitrogen and oxygen atoms in total. The zero-order valence-corrected chi connectivity index (χ0v) is 11.0. The van der Waals surface area contributed by atoms with Crippen LogP contribution in [0.5, 0.6) is 0 Å². The number of nitrogens with one attached hydrogen (secondary N) is 2. The molecule has 0 radical (unpaired) electrons. The summed E-state index contributed by atoms with van der Waals surface area (Å²) in [4.78, 5) is 24.8. The fourth-order valence-corrected chi connectivity index (χ4v) is 2.55. The average molecular weight is 268 g/mol. The summed E-state index contributed by atoms with van der Waals surface area (Å²) < 4.78 is 0. The lowest BCUT2D eigenvalue weighted by Crippen LogP contribution is -2.47. The molecular formula is C12H16N2O3S. The van der Waals surface area contributed by atoms with Crippen molar-refractivity contribution in [1.82, 2.24) is 10.6 Å². The van der Waals surface area contributed by atoms with Crippen molar-refractivity contribution in [2.75, 3.05) is 0 Å². The fraction of sp³-hybridized carbons (Fsp3) is 0.500. The minimum absolute atomic E-state index is 0.415. The van der Waals surface area contributed by atoms with Gasteiger partial charge in [0.05, 0.1) is 6.54 Å². The van der Waals surface area contributed by atoms with Gasteiger partial charge in [0.25, 0.3) is 0 Å². The molecule has 1 saturated carbocycles. The number of urea groups is 1. The van der Waals surface area contributed by atoms with Gasteiger partial charge in [-0.25, -0.2) is 9.59 Å². The molecule has 0 aromatic carbocycles. The van der Waals surface area contributed by atoms with Gasteiger partial charge in [0.2, 0.25) is 0 Å². The van der Waals surface area contributed by atoms with Crippen LogP contribution in [0.4, 0.5) is 4.79 Å². The Morgan fingerprint density at radius 3 is 2.56 bits per heavy atom. The summed E-state index contributed by atoms with van der Waals surface area (Å²) in [6.07, 6.45) is 2.00. The van der Waals surface area contributed by atoms with Crippen LogP contribution < -0.4 is 10.6 Å². The first-order valence-electron chi connectivity index (χ1n) is 5.93. The van der Waals surface area contributed by atoms with Crippen LogP contribution in [-0.2, 0) is 17.8 Å². The number of rotatable bonds is 5. The molecule has 0 atom stereocenters. The smallest absolute Gasteiger partial charge is 0.329 e. The van der Waals surface area contributed by atoms with Gasteiger partial charge in [-0.3, -0.25) is 0 Å². The largest absolute Gasteiger partial charge is 0.480 e. The third-order valence-corrected chi connectivity index (χ3v) is 4.23. The van der Waals surface area contributed by atoms with E-state index in [1.165, 1.54) is 4.88 Å². The average Bonchev–Trinajstić information content (AvgIpc) is 2.97. The summed E-state index contributed by atoms with van der Waals surface area (Å²) in [5.41, 5.74) is -1.02. The number of carboxylic acid groups (broad SMARTS) is 1. The van der Waals surface area contributed by atoms with Crippen LogP contribution >= 0.6 is 11.3 Å². The summed E-state index contributed by atoms with van der Waals surface area (Å²) in [6.45, 7) is 2.52. The summed E-state index contributed by atoms with van der Waals surface area (Å²) in [6, 6.07) is 3.61. The highest BCUT2D eigenvalue weighted by Crippen LogP contribution is 2.35. The molecule has 0 spiro atoms. The number of hydrogen-bond acceptors (Lipinski definition) is 3. The highest BCUT2D eigenvalue weighted by Gasteiger charge is 2.51. The lowest BCUT2D eigenvalue weighted by atomic mass is 10.3. The number of thiophene rings is 1. The maximum atomic E-state index is 11.6. The van der Waals surface area contributed by atoms with E-state index in [1.54, 1.807) is 11.3 Å². The van der Waals surface area contributed by atoms with E-state index in [9.17, 15) is 9.59 Å². The van der Waals surface area contributed by atoms with Gasteiger partial charge in [0.1, 0.15) is 5.54 Å². The van der Waals surface area contributed by atoms with E-state index < -0.39 is 17.5 Å². The van der Waals surface area contributed by atoms with Crippen molar-refractivity contribution in [3.05, 3.63) is 21.9 Å². The van der Waals surface area contributed by atoms with E-state index in [1.807, 2.05) is 12.1 Å². The van der Waals surface area contributed by atoms with Crippen molar-refractivity contribution in [2.24, 2.45) is 0 Å². The molecule has 1 fully saturated rings. The Morgan fingerprint density at radius 1 is 1.39 bits per heavy atom. The molecule has 0 bridgehead atoms. The molecular weight excluding hydrogens is 252 g/mol. The second-order valence-electron chi connectivity index (χ2n) is 4.42. The van der Waals surface area contributed by atoms with Crippen LogP contribution in [0.15, 0.2) is 12.1 Å². The van der Waals surface area contributed by atoms with Gasteiger partial charge in [-0.1, -0.05) is 6.92 Å². The van der Waals surface area contributed by atoms with Crippen LogP contribution in [0.2, 0.25) is 0 Å². The number of aryl methyl sites for hydroxylation is 1. The van der Waals surface area contributed by atoms with Crippen molar-refractivity contribution in [2.45, 2.75) is 38.3 Å². The first kappa shape index (κ1) is 12.9. The Labute approximate surface area is 109 Å². The van der Waals surface area contributed by atoms with Gasteiger partial charge in [0, 0.05) is 9.75 Å². The molecule has 2 amide bonds. The van der Waals surface area contributed by atoms with Gasteiger partial charge in [-0.2, -0.15) is 0 Å². The van der Waals surface area contributed by atoms with Crippen molar-refractivity contribution in [1.29, 1.82) is 0 Å². The van der Waals surface area contributed by atoms with E-state index in [0.29, 0.717) is 19.4 Å². The summed E-state index contributed by atoms with van der Waals surface area (Å²) in [7, 11) is 0. The van der Waals surface area contributed by atoms with Crippen LogP contribution in [0.3, 0.4) is 0 Å². The molecule has 18 heavy (non-hydrogen) atoms. The number of carboxylic acids is 1. The second-order valence-corrected chi connectivity index (χ2v) is 5.67. The van der Waals surface area contributed by atoms with Crippen molar-refractivity contribution < 1.29 is 14.7 Å². The van der Waals surface area contributed by atoms with E-state index in [2.05, 4.69) is 17.6 Å². The van der Waals surface area contributed by atoms with Crippen LogP contribution in [-0.4, -0.2) is 22.6 Å². The number of carbonyl (C=O) groups is 2. The van der Waals surface area contributed by atoms with E-state index >= 15 is 0 Å². The Balaban J connectivity index is 1.80. The summed E-state index contributed by atoms with van der Waals surface area (Å²) in [5.74, 6) is -0.956. The van der Waals surface area contributed by atoms with Crippen molar-refractivity contribution >= 4 is 23.3 Å². The lowest BCUT2D eigenvalue weighted by molar-refractivity contribution is -0.140. The van der Waals surface area contributed by atoms with Crippen LogP contribution in [0, 0.1) is 0 Å². The molecule has 1 aromatic rings. The van der Waals surface area contributed by atoms with Crippen molar-refractivity contribution in [3.8, 4) is 0 Å². The molecule has 3 N–H and O–H groups in total. The predicted molar refractivity (Wildman–Crippen MR) is 68.7 cm³/mol. The van der Waals surface area contributed by atoms with Gasteiger partial charge in [-0.05, 0) is 31.4 Å². The molecule has 1 aromatic heterocycles. The van der Waals surface area contributed by atoms with Gasteiger partial charge in [-0.15, -0.1) is 11.3 Å². The number of carbonyl (C=O) groups excluding carboxylic acids is 1. The highest BCUT2D eigenvalue weighted by atomic mass is 32.1. The molecule has 0 saturated heterocycles. The Morgan fingerprint density at radius 2 is 2.06 bits per heavy atom. The zero-order valence-electron chi connectivity index (χ0n) is 10.2. The molecule has 2 rings (SSSR count). The Kier molecular flexibility index (Phi) is 3.56. The van der Waals surface area contributed by atoms with Gasteiger partial charge >= 0.3 is 12.0 Å². The van der Waals surface area contributed by atoms with E-state index in [0.717, 1.165) is 11.3 Å².